The van der Waals surface area contributed by atoms with Gasteiger partial charge in [-0.15, -0.1) is 0 Å². The van der Waals surface area contributed by atoms with Gasteiger partial charge in [-0.25, -0.2) is 0 Å². The van der Waals surface area contributed by atoms with Gasteiger partial charge in [0.15, 0.2) is 0 Å². The van der Waals surface area contributed by atoms with Crippen LogP contribution in [0, 0.1) is 11.8 Å². The second-order valence-electron chi connectivity index (χ2n) is 6.17. The van der Waals surface area contributed by atoms with Gasteiger partial charge in [-0.05, 0) is 59.1 Å². The molecule has 27 heavy (non-hydrogen) atoms. The molecule has 2 amide bonds. The Morgan fingerprint density at radius 1 is 1.11 bits per heavy atom. The number of imide groups is 1. The molecule has 0 radical (unpaired) electrons. The summed E-state index contributed by atoms with van der Waals surface area (Å²) in [5.41, 5.74) is 3.16. The van der Waals surface area contributed by atoms with Crippen molar-refractivity contribution in [3.63, 3.8) is 0 Å². The van der Waals surface area contributed by atoms with Gasteiger partial charge < -0.3 is 0 Å². The Morgan fingerprint density at radius 2 is 1.93 bits per heavy atom. The van der Waals surface area contributed by atoms with E-state index in [1.807, 2.05) is 24.3 Å². The topological polar surface area (TPSA) is 58.2 Å². The molecule has 134 valence electrons. The third kappa shape index (κ3) is 4.28. The molecule has 0 aliphatic carbocycles. The first-order chi connectivity index (χ1) is 13.2. The minimum absolute atomic E-state index is 0.328. The van der Waals surface area contributed by atoms with Crippen LogP contribution in [-0.2, 0) is 4.79 Å². The smallest absolute Gasteiger partial charge is 0.282 e. The largest absolute Gasteiger partial charge is 0.290 e. The summed E-state index contributed by atoms with van der Waals surface area (Å²) >= 11 is 2.60. The summed E-state index contributed by atoms with van der Waals surface area (Å²) in [6, 6.07) is 16.1. The lowest BCUT2D eigenvalue weighted by Crippen LogP contribution is -2.20. The van der Waals surface area contributed by atoms with Crippen LogP contribution in [0.25, 0.3) is 6.08 Å². The van der Waals surface area contributed by atoms with Crippen molar-refractivity contribution >= 4 is 40.9 Å². The first-order valence-electron chi connectivity index (χ1n) is 8.51. The van der Waals surface area contributed by atoms with E-state index in [4.69, 9.17) is 0 Å². The van der Waals surface area contributed by atoms with Crippen molar-refractivity contribution in [3.8, 4) is 11.8 Å². The second-order valence-corrected chi connectivity index (χ2v) is 8.11. The maximum atomic E-state index is 11.6. The Balaban J connectivity index is 1.42. The number of hydrogen-bond acceptors (Lipinski definition) is 5. The standard InChI is InChI=1S/C21H16N2O2S2/c24-20-19(26-21(25)23-20)12-15-10-8-14(9-11-15)4-3-5-16-13-22-27-18-7-2-1-6-17(16)18/h1-2,6-12,16,22H,5,13H2,(H,23,24,25). The highest BCUT2D eigenvalue weighted by molar-refractivity contribution is 8.18. The number of carbonyl (C=O) groups excluding carboxylic acids is 2. The van der Waals surface area contributed by atoms with Gasteiger partial charge in [0, 0.05) is 29.3 Å². The first kappa shape index (κ1) is 17.9. The molecule has 4 rings (SSSR count). The van der Waals surface area contributed by atoms with Gasteiger partial charge in [-0.1, -0.05) is 42.2 Å². The van der Waals surface area contributed by atoms with Crippen molar-refractivity contribution in [1.82, 2.24) is 10.0 Å². The Bertz CT molecular complexity index is 987. The molecular weight excluding hydrogens is 376 g/mol. The van der Waals surface area contributed by atoms with E-state index < -0.39 is 0 Å². The summed E-state index contributed by atoms with van der Waals surface area (Å²) in [7, 11) is 0. The van der Waals surface area contributed by atoms with Crippen molar-refractivity contribution in [2.75, 3.05) is 6.54 Å². The Labute approximate surface area is 166 Å². The molecule has 1 saturated heterocycles. The number of hydrogen-bond donors (Lipinski definition) is 2. The molecule has 1 unspecified atom stereocenters. The molecule has 2 heterocycles. The fourth-order valence-corrected chi connectivity index (χ4v) is 4.56. The predicted octanol–water partition coefficient (Wildman–Crippen LogP) is 4.15. The number of amides is 2. The highest BCUT2D eigenvalue weighted by Gasteiger charge is 2.24. The van der Waals surface area contributed by atoms with Crippen molar-refractivity contribution in [1.29, 1.82) is 0 Å². The van der Waals surface area contributed by atoms with E-state index in [2.05, 4.69) is 46.1 Å². The van der Waals surface area contributed by atoms with E-state index in [-0.39, 0.29) is 11.1 Å². The van der Waals surface area contributed by atoms with Crippen molar-refractivity contribution in [3.05, 3.63) is 70.1 Å². The number of rotatable bonds is 2. The van der Waals surface area contributed by atoms with Crippen LogP contribution in [0.2, 0.25) is 0 Å². The van der Waals surface area contributed by atoms with Gasteiger partial charge in [-0.2, -0.15) is 0 Å². The predicted molar refractivity (Wildman–Crippen MR) is 110 cm³/mol. The molecule has 2 aliphatic heterocycles. The molecule has 0 saturated carbocycles. The van der Waals surface area contributed by atoms with Crippen LogP contribution in [0.4, 0.5) is 4.79 Å². The van der Waals surface area contributed by atoms with E-state index in [0.29, 0.717) is 10.8 Å². The third-order valence-electron chi connectivity index (χ3n) is 4.30. The molecular formula is C21H16N2O2S2. The average Bonchev–Trinajstić information content (AvgIpc) is 3.00. The van der Waals surface area contributed by atoms with Crippen LogP contribution >= 0.6 is 23.7 Å². The van der Waals surface area contributed by atoms with Crippen LogP contribution in [0.15, 0.2) is 58.3 Å². The summed E-state index contributed by atoms with van der Waals surface area (Å²) in [5.74, 6) is 6.56. The lowest BCUT2D eigenvalue weighted by Gasteiger charge is -2.23. The van der Waals surface area contributed by atoms with Gasteiger partial charge in [0.1, 0.15) is 0 Å². The van der Waals surface area contributed by atoms with E-state index in [0.717, 1.165) is 35.9 Å². The molecule has 0 bridgehead atoms. The summed E-state index contributed by atoms with van der Waals surface area (Å²) in [4.78, 5) is 24.5. The quantitative estimate of drug-likeness (QED) is 0.457. The number of benzene rings is 2. The Morgan fingerprint density at radius 3 is 2.70 bits per heavy atom. The fraction of sp³-hybridized carbons (Fsp3) is 0.143. The number of thioether (sulfide) groups is 1. The molecule has 1 atom stereocenters. The lowest BCUT2D eigenvalue weighted by atomic mass is 9.95. The van der Waals surface area contributed by atoms with Crippen molar-refractivity contribution < 1.29 is 9.59 Å². The Kier molecular flexibility index (Phi) is 5.35. The second kappa shape index (κ2) is 8.05. The molecule has 0 aromatic heterocycles. The molecule has 4 nitrogen and oxygen atoms in total. The van der Waals surface area contributed by atoms with Crippen molar-refractivity contribution in [2.24, 2.45) is 0 Å². The molecule has 2 aromatic carbocycles. The maximum absolute atomic E-state index is 11.6. The molecule has 6 heteroatoms. The van der Waals surface area contributed by atoms with E-state index in [1.54, 1.807) is 18.0 Å². The monoisotopic (exact) mass is 392 g/mol. The van der Waals surface area contributed by atoms with Gasteiger partial charge in [0.05, 0.1) is 4.91 Å². The van der Waals surface area contributed by atoms with Crippen LogP contribution in [0.3, 0.4) is 0 Å². The van der Waals surface area contributed by atoms with Crippen LogP contribution in [-0.4, -0.2) is 17.7 Å². The van der Waals surface area contributed by atoms with Crippen LogP contribution in [0.1, 0.15) is 29.0 Å². The van der Waals surface area contributed by atoms with Gasteiger partial charge in [-0.3, -0.25) is 19.6 Å². The van der Waals surface area contributed by atoms with Gasteiger partial charge in [0.25, 0.3) is 11.1 Å². The number of fused-ring (bicyclic) bond motifs is 1. The fourth-order valence-electron chi connectivity index (χ4n) is 2.93. The van der Waals surface area contributed by atoms with E-state index in [1.165, 1.54) is 10.5 Å². The minimum atomic E-state index is -0.339. The Hall–Kier alpha value is -2.46. The third-order valence-corrected chi connectivity index (χ3v) is 6.02. The number of nitrogens with one attached hydrogen (secondary N) is 2. The summed E-state index contributed by atoms with van der Waals surface area (Å²) < 4.78 is 3.37. The SMILES string of the molecule is O=C1NC(=O)C(=Cc2ccc(C#CCC3CNSc4ccccc43)cc2)S1. The van der Waals surface area contributed by atoms with Gasteiger partial charge >= 0.3 is 0 Å². The maximum Gasteiger partial charge on any atom is 0.290 e. The minimum Gasteiger partial charge on any atom is -0.282 e. The normalized spacial score (nSPS) is 20.0. The summed E-state index contributed by atoms with van der Waals surface area (Å²) in [6.07, 6.45) is 2.51. The molecule has 0 spiro atoms. The van der Waals surface area contributed by atoms with Crippen LogP contribution < -0.4 is 10.0 Å². The zero-order valence-corrected chi connectivity index (χ0v) is 16.0. The lowest BCUT2D eigenvalue weighted by molar-refractivity contribution is -0.115. The molecule has 2 aliphatic rings. The first-order valence-corrected chi connectivity index (χ1v) is 10.1. The highest BCUT2D eigenvalue weighted by atomic mass is 32.2. The molecule has 2 N–H and O–H groups in total. The van der Waals surface area contributed by atoms with Gasteiger partial charge in [0.2, 0.25) is 0 Å². The van der Waals surface area contributed by atoms with E-state index >= 15 is 0 Å². The van der Waals surface area contributed by atoms with Crippen molar-refractivity contribution in [2.45, 2.75) is 17.2 Å². The molecule has 1 fully saturated rings. The van der Waals surface area contributed by atoms with Crippen LogP contribution in [0.5, 0.6) is 0 Å². The summed E-state index contributed by atoms with van der Waals surface area (Å²) in [6.45, 7) is 0.918. The summed E-state index contributed by atoms with van der Waals surface area (Å²) in [5, 5.41) is 1.92. The zero-order valence-electron chi connectivity index (χ0n) is 14.3. The number of carbonyl (C=O) groups is 2. The zero-order chi connectivity index (χ0) is 18.6. The molecule has 2 aromatic rings. The van der Waals surface area contributed by atoms with E-state index in [9.17, 15) is 9.59 Å². The highest BCUT2D eigenvalue weighted by Crippen LogP contribution is 2.33. The average molecular weight is 393 g/mol.